The van der Waals surface area contributed by atoms with Gasteiger partial charge in [0.2, 0.25) is 11.7 Å². The Morgan fingerprint density at radius 3 is 2.59 bits per heavy atom. The quantitative estimate of drug-likeness (QED) is 0.421. The number of aromatic nitrogens is 2. The summed E-state index contributed by atoms with van der Waals surface area (Å²) in [6.07, 6.45) is 0.287. The van der Waals surface area contributed by atoms with Crippen molar-refractivity contribution in [2.45, 2.75) is 25.8 Å². The second-order valence-electron chi connectivity index (χ2n) is 7.40. The molecule has 0 aliphatic rings. The molecule has 0 saturated heterocycles. The number of hydrogen-bond donors (Lipinski definition) is 1. The van der Waals surface area contributed by atoms with Crippen LogP contribution in [0.2, 0.25) is 0 Å². The monoisotopic (exact) mass is 429 g/mol. The minimum absolute atomic E-state index is 0.0442. The molecule has 0 aliphatic carbocycles. The standard InChI is InChI=1S/C25H23N3O4/c1-17(20-13-7-11-18-8-5-6-12-21(18)20)26-22(29)16-31-24(30)15-14-23-27-25(28-32-23)19-9-3-2-4-10-19/h2-13,17H,14-16H2,1H3,(H,26,29). The summed E-state index contributed by atoms with van der Waals surface area (Å²) in [7, 11) is 0. The van der Waals surface area contributed by atoms with Gasteiger partial charge in [0.15, 0.2) is 6.61 Å². The molecule has 1 atom stereocenters. The number of hydrogen-bond acceptors (Lipinski definition) is 6. The molecule has 1 heterocycles. The predicted molar refractivity (Wildman–Crippen MR) is 120 cm³/mol. The largest absolute Gasteiger partial charge is 0.456 e. The van der Waals surface area contributed by atoms with Crippen molar-refractivity contribution in [1.82, 2.24) is 15.5 Å². The molecule has 4 aromatic rings. The Morgan fingerprint density at radius 2 is 1.75 bits per heavy atom. The van der Waals surface area contributed by atoms with Crippen molar-refractivity contribution in [2.75, 3.05) is 6.61 Å². The molecular formula is C25H23N3O4. The normalized spacial score (nSPS) is 11.8. The van der Waals surface area contributed by atoms with E-state index in [4.69, 9.17) is 9.26 Å². The Balaban J connectivity index is 1.24. The average Bonchev–Trinajstić information content (AvgIpc) is 3.31. The third-order valence-corrected chi connectivity index (χ3v) is 5.07. The summed E-state index contributed by atoms with van der Waals surface area (Å²) in [5.41, 5.74) is 1.84. The van der Waals surface area contributed by atoms with Crippen LogP contribution in [-0.2, 0) is 20.7 Å². The van der Waals surface area contributed by atoms with Crippen LogP contribution >= 0.6 is 0 Å². The van der Waals surface area contributed by atoms with E-state index in [-0.39, 0.29) is 31.4 Å². The van der Waals surface area contributed by atoms with E-state index >= 15 is 0 Å². The van der Waals surface area contributed by atoms with Crippen molar-refractivity contribution in [2.24, 2.45) is 0 Å². The van der Waals surface area contributed by atoms with Crippen LogP contribution < -0.4 is 5.32 Å². The lowest BCUT2D eigenvalue weighted by Crippen LogP contribution is -2.31. The van der Waals surface area contributed by atoms with E-state index in [2.05, 4.69) is 15.5 Å². The number of carbonyl (C=O) groups excluding carboxylic acids is 2. The minimum Gasteiger partial charge on any atom is -0.456 e. The van der Waals surface area contributed by atoms with Gasteiger partial charge in [0.25, 0.3) is 5.91 Å². The van der Waals surface area contributed by atoms with Crippen LogP contribution in [0.4, 0.5) is 0 Å². The van der Waals surface area contributed by atoms with Crippen molar-refractivity contribution in [3.8, 4) is 11.4 Å². The van der Waals surface area contributed by atoms with Gasteiger partial charge in [-0.05, 0) is 23.3 Å². The summed E-state index contributed by atoms with van der Waals surface area (Å²) in [4.78, 5) is 28.6. The maximum absolute atomic E-state index is 12.3. The lowest BCUT2D eigenvalue weighted by atomic mass is 10.00. The van der Waals surface area contributed by atoms with Crippen LogP contribution in [-0.4, -0.2) is 28.6 Å². The molecular weight excluding hydrogens is 406 g/mol. The van der Waals surface area contributed by atoms with Crippen LogP contribution in [0.5, 0.6) is 0 Å². The number of aryl methyl sites for hydroxylation is 1. The number of carbonyl (C=O) groups is 2. The molecule has 0 bridgehead atoms. The van der Waals surface area contributed by atoms with E-state index in [1.54, 1.807) is 0 Å². The Bertz CT molecular complexity index is 1210. The first-order valence-corrected chi connectivity index (χ1v) is 10.4. The molecule has 1 unspecified atom stereocenters. The highest BCUT2D eigenvalue weighted by Gasteiger charge is 2.15. The number of fused-ring (bicyclic) bond motifs is 1. The first-order valence-electron chi connectivity index (χ1n) is 10.4. The van der Waals surface area contributed by atoms with Crippen LogP contribution in [0.1, 0.15) is 30.8 Å². The van der Waals surface area contributed by atoms with Gasteiger partial charge >= 0.3 is 5.97 Å². The summed E-state index contributed by atoms with van der Waals surface area (Å²) in [5.74, 6) is -0.0500. The average molecular weight is 429 g/mol. The fourth-order valence-corrected chi connectivity index (χ4v) is 3.48. The van der Waals surface area contributed by atoms with Crippen molar-refractivity contribution in [3.63, 3.8) is 0 Å². The minimum atomic E-state index is -0.502. The SMILES string of the molecule is CC(NC(=O)COC(=O)CCc1nc(-c2ccccc2)no1)c1cccc2ccccc12. The molecule has 162 valence electrons. The number of rotatable bonds is 8. The Kier molecular flexibility index (Phi) is 6.55. The molecule has 0 aliphatic heterocycles. The van der Waals surface area contributed by atoms with Crippen molar-refractivity contribution in [1.29, 1.82) is 0 Å². The molecule has 3 aromatic carbocycles. The lowest BCUT2D eigenvalue weighted by Gasteiger charge is -2.16. The molecule has 7 heteroatoms. The Labute approximate surface area is 185 Å². The first kappa shape index (κ1) is 21.2. The number of esters is 1. The zero-order valence-electron chi connectivity index (χ0n) is 17.7. The number of nitrogens with one attached hydrogen (secondary N) is 1. The fourth-order valence-electron chi connectivity index (χ4n) is 3.48. The van der Waals surface area contributed by atoms with Gasteiger partial charge in [0.1, 0.15) is 0 Å². The highest BCUT2D eigenvalue weighted by molar-refractivity contribution is 5.87. The zero-order chi connectivity index (χ0) is 22.3. The van der Waals surface area contributed by atoms with E-state index in [1.165, 1.54) is 0 Å². The molecule has 1 amide bonds. The lowest BCUT2D eigenvalue weighted by molar-refractivity contribution is -0.148. The van der Waals surface area contributed by atoms with Gasteiger partial charge in [-0.3, -0.25) is 9.59 Å². The van der Waals surface area contributed by atoms with Gasteiger partial charge in [0, 0.05) is 12.0 Å². The second kappa shape index (κ2) is 9.87. The molecule has 1 aromatic heterocycles. The topological polar surface area (TPSA) is 94.3 Å². The molecule has 0 spiro atoms. The smallest absolute Gasteiger partial charge is 0.306 e. The summed E-state index contributed by atoms with van der Waals surface area (Å²) >= 11 is 0. The Hall–Kier alpha value is -4.00. The maximum atomic E-state index is 12.3. The fraction of sp³-hybridized carbons (Fsp3) is 0.200. The van der Waals surface area contributed by atoms with Gasteiger partial charge in [-0.2, -0.15) is 4.98 Å². The van der Waals surface area contributed by atoms with Crippen LogP contribution in [0.15, 0.2) is 77.3 Å². The highest BCUT2D eigenvalue weighted by atomic mass is 16.5. The van der Waals surface area contributed by atoms with E-state index in [1.807, 2.05) is 79.7 Å². The first-order chi connectivity index (χ1) is 15.6. The number of amides is 1. The molecule has 7 nitrogen and oxygen atoms in total. The summed E-state index contributed by atoms with van der Waals surface area (Å²) in [6, 6.07) is 23.2. The number of benzene rings is 3. The maximum Gasteiger partial charge on any atom is 0.306 e. The molecule has 32 heavy (non-hydrogen) atoms. The van der Waals surface area contributed by atoms with E-state index < -0.39 is 5.97 Å². The molecule has 4 rings (SSSR count). The van der Waals surface area contributed by atoms with Gasteiger partial charge in [0.05, 0.1) is 12.5 Å². The molecule has 0 radical (unpaired) electrons. The Morgan fingerprint density at radius 1 is 1.00 bits per heavy atom. The van der Waals surface area contributed by atoms with Gasteiger partial charge in [-0.1, -0.05) is 78.0 Å². The second-order valence-corrected chi connectivity index (χ2v) is 7.40. The van der Waals surface area contributed by atoms with Crippen LogP contribution in [0, 0.1) is 0 Å². The third-order valence-electron chi connectivity index (χ3n) is 5.07. The van der Waals surface area contributed by atoms with Crippen molar-refractivity contribution < 1.29 is 18.8 Å². The summed E-state index contributed by atoms with van der Waals surface area (Å²) < 4.78 is 10.3. The zero-order valence-corrected chi connectivity index (χ0v) is 17.7. The highest BCUT2D eigenvalue weighted by Crippen LogP contribution is 2.24. The van der Waals surface area contributed by atoms with Crippen LogP contribution in [0.25, 0.3) is 22.2 Å². The van der Waals surface area contributed by atoms with Crippen molar-refractivity contribution >= 4 is 22.6 Å². The van der Waals surface area contributed by atoms with E-state index in [9.17, 15) is 9.59 Å². The van der Waals surface area contributed by atoms with Gasteiger partial charge in [-0.25, -0.2) is 0 Å². The van der Waals surface area contributed by atoms with Gasteiger partial charge in [-0.15, -0.1) is 0 Å². The van der Waals surface area contributed by atoms with E-state index in [0.717, 1.165) is 21.9 Å². The van der Waals surface area contributed by atoms with E-state index in [0.29, 0.717) is 11.7 Å². The number of nitrogens with zero attached hydrogens (tertiary/aromatic N) is 2. The predicted octanol–water partition coefficient (Wildman–Crippen LogP) is 4.24. The van der Waals surface area contributed by atoms with Crippen molar-refractivity contribution in [3.05, 3.63) is 84.3 Å². The third kappa shape index (κ3) is 5.18. The number of ether oxygens (including phenoxy) is 1. The molecule has 1 N–H and O–H groups in total. The van der Waals surface area contributed by atoms with Gasteiger partial charge < -0.3 is 14.6 Å². The molecule has 0 fully saturated rings. The molecule has 0 saturated carbocycles. The summed E-state index contributed by atoms with van der Waals surface area (Å²) in [5, 5.41) is 8.98. The van der Waals surface area contributed by atoms with Crippen LogP contribution in [0.3, 0.4) is 0 Å². The summed E-state index contributed by atoms with van der Waals surface area (Å²) in [6.45, 7) is 1.56.